The zero-order chi connectivity index (χ0) is 15.1. The summed E-state index contributed by atoms with van der Waals surface area (Å²) < 4.78 is 10.5. The molecule has 0 spiro atoms. The summed E-state index contributed by atoms with van der Waals surface area (Å²) in [5, 5.41) is 13.7. The maximum absolute atomic E-state index is 10.4. The van der Waals surface area contributed by atoms with Gasteiger partial charge in [-0.15, -0.1) is 0 Å². The van der Waals surface area contributed by atoms with Crippen molar-refractivity contribution in [3.05, 3.63) is 23.8 Å². The number of hydrogen-bond donors (Lipinski definition) is 2. The van der Waals surface area contributed by atoms with Crippen LogP contribution in [0, 0.1) is 5.92 Å². The quantitative estimate of drug-likeness (QED) is 0.769. The van der Waals surface area contributed by atoms with Crippen LogP contribution in [-0.2, 0) is 0 Å². The summed E-state index contributed by atoms with van der Waals surface area (Å²) in [4.78, 5) is 0. The van der Waals surface area contributed by atoms with E-state index in [1.807, 2.05) is 18.2 Å². The summed E-state index contributed by atoms with van der Waals surface area (Å²) in [6.07, 6.45) is 0.499. The number of rotatable bonds is 8. The van der Waals surface area contributed by atoms with Gasteiger partial charge in [-0.05, 0) is 31.0 Å². The summed E-state index contributed by atoms with van der Waals surface area (Å²) in [6, 6.07) is 5.82. The van der Waals surface area contributed by atoms with Gasteiger partial charge in [0, 0.05) is 18.2 Å². The highest BCUT2D eigenvalue weighted by atomic mass is 16.5. The minimum absolute atomic E-state index is 0.367. The van der Waals surface area contributed by atoms with Gasteiger partial charge in [0.25, 0.3) is 0 Å². The van der Waals surface area contributed by atoms with E-state index < -0.39 is 6.10 Å². The highest BCUT2D eigenvalue weighted by Gasteiger charge is 2.17. The minimum atomic E-state index is -0.619. The summed E-state index contributed by atoms with van der Waals surface area (Å²) >= 11 is 0. The minimum Gasteiger partial charge on any atom is -0.497 e. The fraction of sp³-hybridized carbons (Fsp3) is 0.625. The molecule has 4 heteroatoms. The van der Waals surface area contributed by atoms with Crippen LogP contribution >= 0.6 is 0 Å². The maximum Gasteiger partial charge on any atom is 0.124 e. The van der Waals surface area contributed by atoms with E-state index in [2.05, 4.69) is 26.1 Å². The molecule has 0 aliphatic rings. The number of ether oxygens (including phenoxy) is 2. The highest BCUT2D eigenvalue weighted by molar-refractivity contribution is 5.41. The van der Waals surface area contributed by atoms with E-state index in [4.69, 9.17) is 9.47 Å². The molecule has 0 aliphatic carbocycles. The SMILES string of the molecule is CCC(C)C(C)NCC(O)c1cc(OC)ccc1OC. The number of methoxy groups -OCH3 is 2. The van der Waals surface area contributed by atoms with E-state index in [1.165, 1.54) is 0 Å². The molecular weight excluding hydrogens is 254 g/mol. The molecule has 0 saturated carbocycles. The van der Waals surface area contributed by atoms with Gasteiger partial charge in [0.15, 0.2) is 0 Å². The van der Waals surface area contributed by atoms with E-state index >= 15 is 0 Å². The molecule has 0 heterocycles. The van der Waals surface area contributed by atoms with Crippen molar-refractivity contribution in [3.63, 3.8) is 0 Å². The lowest BCUT2D eigenvalue weighted by molar-refractivity contribution is 0.161. The molecule has 0 aromatic heterocycles. The average Bonchev–Trinajstić information content (AvgIpc) is 2.50. The summed E-state index contributed by atoms with van der Waals surface area (Å²) in [5.74, 6) is 1.97. The van der Waals surface area contributed by atoms with Crippen molar-refractivity contribution in [2.24, 2.45) is 5.92 Å². The van der Waals surface area contributed by atoms with Gasteiger partial charge in [-0.2, -0.15) is 0 Å². The first-order valence-electron chi connectivity index (χ1n) is 7.16. The van der Waals surface area contributed by atoms with Crippen LogP contribution in [0.2, 0.25) is 0 Å². The van der Waals surface area contributed by atoms with Crippen LogP contribution in [0.5, 0.6) is 11.5 Å². The Morgan fingerprint density at radius 3 is 2.45 bits per heavy atom. The standard InChI is InChI=1S/C16H27NO3/c1-6-11(2)12(3)17-10-15(18)14-9-13(19-4)7-8-16(14)20-5/h7-9,11-12,15,17-18H,6,10H2,1-5H3. The number of benzene rings is 1. The third-order valence-electron chi connectivity index (χ3n) is 3.93. The van der Waals surface area contributed by atoms with Crippen molar-refractivity contribution < 1.29 is 14.6 Å². The zero-order valence-electron chi connectivity index (χ0n) is 13.1. The molecule has 3 atom stereocenters. The van der Waals surface area contributed by atoms with Gasteiger partial charge in [-0.3, -0.25) is 0 Å². The normalized spacial score (nSPS) is 15.5. The molecule has 20 heavy (non-hydrogen) atoms. The van der Waals surface area contributed by atoms with Crippen LogP contribution in [0.1, 0.15) is 38.9 Å². The molecule has 114 valence electrons. The lowest BCUT2D eigenvalue weighted by atomic mass is 10.00. The van der Waals surface area contributed by atoms with Crippen LogP contribution < -0.4 is 14.8 Å². The summed E-state index contributed by atoms with van der Waals surface area (Å²) in [7, 11) is 3.22. The molecule has 0 aliphatic heterocycles. The predicted octanol–water partition coefficient (Wildman–Crippen LogP) is 2.76. The van der Waals surface area contributed by atoms with Crippen molar-refractivity contribution in [2.75, 3.05) is 20.8 Å². The number of nitrogens with one attached hydrogen (secondary N) is 1. The van der Waals surface area contributed by atoms with Crippen molar-refractivity contribution in [1.82, 2.24) is 5.32 Å². The highest BCUT2D eigenvalue weighted by Crippen LogP contribution is 2.29. The van der Waals surface area contributed by atoms with Gasteiger partial charge < -0.3 is 19.9 Å². The Kier molecular flexibility index (Phi) is 6.82. The zero-order valence-corrected chi connectivity index (χ0v) is 13.1. The molecular formula is C16H27NO3. The fourth-order valence-electron chi connectivity index (χ4n) is 2.06. The Hall–Kier alpha value is -1.26. The van der Waals surface area contributed by atoms with Gasteiger partial charge in [-0.1, -0.05) is 20.3 Å². The van der Waals surface area contributed by atoms with Crippen LogP contribution in [0.25, 0.3) is 0 Å². The number of aliphatic hydroxyl groups excluding tert-OH is 1. The van der Waals surface area contributed by atoms with E-state index in [0.29, 0.717) is 24.3 Å². The average molecular weight is 281 g/mol. The third kappa shape index (κ3) is 4.39. The van der Waals surface area contributed by atoms with E-state index in [-0.39, 0.29) is 0 Å². The van der Waals surface area contributed by atoms with Gasteiger partial charge in [0.05, 0.1) is 20.3 Å². The molecule has 2 N–H and O–H groups in total. The first-order chi connectivity index (χ1) is 9.53. The Labute approximate surface area is 122 Å². The second kappa shape index (κ2) is 8.12. The van der Waals surface area contributed by atoms with Crippen molar-refractivity contribution in [2.45, 2.75) is 39.3 Å². The molecule has 0 fully saturated rings. The smallest absolute Gasteiger partial charge is 0.124 e. The van der Waals surface area contributed by atoms with Crippen LogP contribution in [0.3, 0.4) is 0 Å². The van der Waals surface area contributed by atoms with Crippen LogP contribution in [0.15, 0.2) is 18.2 Å². The molecule has 0 bridgehead atoms. The number of hydrogen-bond acceptors (Lipinski definition) is 4. The molecule has 4 nitrogen and oxygen atoms in total. The largest absolute Gasteiger partial charge is 0.497 e. The molecule has 1 aromatic rings. The third-order valence-corrected chi connectivity index (χ3v) is 3.93. The lowest BCUT2D eigenvalue weighted by Gasteiger charge is -2.23. The molecule has 0 radical (unpaired) electrons. The summed E-state index contributed by atoms with van der Waals surface area (Å²) in [5.41, 5.74) is 0.746. The van der Waals surface area contributed by atoms with Crippen molar-refractivity contribution in [1.29, 1.82) is 0 Å². The Morgan fingerprint density at radius 1 is 1.20 bits per heavy atom. The number of aliphatic hydroxyl groups is 1. The monoisotopic (exact) mass is 281 g/mol. The molecule has 0 saturated heterocycles. The maximum atomic E-state index is 10.4. The van der Waals surface area contributed by atoms with E-state index in [9.17, 15) is 5.11 Å². The molecule has 1 rings (SSSR count). The first kappa shape index (κ1) is 16.8. The predicted molar refractivity (Wildman–Crippen MR) is 81.4 cm³/mol. The molecule has 0 amide bonds. The second-order valence-corrected chi connectivity index (χ2v) is 5.21. The van der Waals surface area contributed by atoms with Crippen molar-refractivity contribution in [3.8, 4) is 11.5 Å². The fourth-order valence-corrected chi connectivity index (χ4v) is 2.06. The van der Waals surface area contributed by atoms with E-state index in [1.54, 1.807) is 14.2 Å². The van der Waals surface area contributed by atoms with Crippen molar-refractivity contribution >= 4 is 0 Å². The molecule has 3 unspecified atom stereocenters. The lowest BCUT2D eigenvalue weighted by Crippen LogP contribution is -2.35. The Bertz CT molecular complexity index is 409. The summed E-state index contributed by atoms with van der Waals surface area (Å²) in [6.45, 7) is 7.01. The first-order valence-corrected chi connectivity index (χ1v) is 7.16. The Morgan fingerprint density at radius 2 is 1.90 bits per heavy atom. The van der Waals surface area contributed by atoms with Crippen LogP contribution in [-0.4, -0.2) is 31.9 Å². The van der Waals surface area contributed by atoms with Gasteiger partial charge in [0.1, 0.15) is 11.5 Å². The molecule has 1 aromatic carbocycles. The Balaban J connectivity index is 2.73. The second-order valence-electron chi connectivity index (χ2n) is 5.21. The van der Waals surface area contributed by atoms with E-state index in [0.717, 1.165) is 17.7 Å². The topological polar surface area (TPSA) is 50.7 Å². The van der Waals surface area contributed by atoms with Crippen LogP contribution in [0.4, 0.5) is 0 Å². The van der Waals surface area contributed by atoms with Gasteiger partial charge in [0.2, 0.25) is 0 Å². The van der Waals surface area contributed by atoms with Gasteiger partial charge in [-0.25, -0.2) is 0 Å². The van der Waals surface area contributed by atoms with Gasteiger partial charge >= 0.3 is 0 Å².